The highest BCUT2D eigenvalue weighted by molar-refractivity contribution is 6.29. The molecule has 0 saturated heterocycles. The van der Waals surface area contributed by atoms with E-state index in [0.29, 0.717) is 11.0 Å². The SMILES string of the molecule is COc1ccc(-c2nc(Cl)cc(C(C)(C)C)n2)cc1C. The second kappa shape index (κ2) is 5.41. The first-order valence-corrected chi connectivity index (χ1v) is 6.89. The minimum absolute atomic E-state index is 0.0666. The molecule has 0 amide bonds. The standard InChI is InChI=1S/C16H19ClN2O/c1-10-8-11(6-7-12(10)20-5)15-18-13(16(2,3)4)9-14(17)19-15/h6-9H,1-5H3. The van der Waals surface area contributed by atoms with E-state index >= 15 is 0 Å². The summed E-state index contributed by atoms with van der Waals surface area (Å²) >= 11 is 6.13. The molecule has 2 aromatic rings. The molecule has 20 heavy (non-hydrogen) atoms. The molecular weight excluding hydrogens is 272 g/mol. The fraction of sp³-hybridized carbons (Fsp3) is 0.375. The highest BCUT2D eigenvalue weighted by Crippen LogP contribution is 2.28. The normalized spacial score (nSPS) is 11.5. The number of hydrogen-bond acceptors (Lipinski definition) is 3. The van der Waals surface area contributed by atoms with Crippen LogP contribution in [0.1, 0.15) is 32.0 Å². The highest BCUT2D eigenvalue weighted by atomic mass is 35.5. The first kappa shape index (κ1) is 14.8. The molecule has 0 aliphatic heterocycles. The maximum Gasteiger partial charge on any atom is 0.161 e. The first-order chi connectivity index (χ1) is 9.31. The van der Waals surface area contributed by atoms with Crippen molar-refractivity contribution in [2.24, 2.45) is 0 Å². The second-order valence-electron chi connectivity index (χ2n) is 5.83. The van der Waals surface area contributed by atoms with Gasteiger partial charge in [0.25, 0.3) is 0 Å². The molecule has 1 aromatic heterocycles. The van der Waals surface area contributed by atoms with Gasteiger partial charge in [-0.15, -0.1) is 0 Å². The van der Waals surface area contributed by atoms with E-state index in [9.17, 15) is 0 Å². The Hall–Kier alpha value is -1.61. The largest absolute Gasteiger partial charge is 0.496 e. The number of hydrogen-bond donors (Lipinski definition) is 0. The van der Waals surface area contributed by atoms with Crippen LogP contribution in [-0.4, -0.2) is 17.1 Å². The topological polar surface area (TPSA) is 35.0 Å². The predicted molar refractivity (Wildman–Crippen MR) is 82.5 cm³/mol. The van der Waals surface area contributed by atoms with Crippen LogP contribution in [0, 0.1) is 6.92 Å². The van der Waals surface area contributed by atoms with Crippen molar-refractivity contribution in [2.45, 2.75) is 33.1 Å². The van der Waals surface area contributed by atoms with Gasteiger partial charge in [-0.1, -0.05) is 32.4 Å². The van der Waals surface area contributed by atoms with Crippen molar-refractivity contribution < 1.29 is 4.74 Å². The summed E-state index contributed by atoms with van der Waals surface area (Å²) in [5.74, 6) is 1.50. The van der Waals surface area contributed by atoms with Crippen LogP contribution in [0.25, 0.3) is 11.4 Å². The van der Waals surface area contributed by atoms with Crippen molar-refractivity contribution in [3.05, 3.63) is 40.7 Å². The van der Waals surface area contributed by atoms with Crippen LogP contribution >= 0.6 is 11.6 Å². The van der Waals surface area contributed by atoms with Crippen LogP contribution in [0.2, 0.25) is 5.15 Å². The number of aryl methyl sites for hydroxylation is 1. The van der Waals surface area contributed by atoms with Gasteiger partial charge in [-0.3, -0.25) is 0 Å². The molecule has 0 aliphatic rings. The van der Waals surface area contributed by atoms with Crippen LogP contribution < -0.4 is 4.74 Å². The van der Waals surface area contributed by atoms with Crippen LogP contribution in [0.4, 0.5) is 0 Å². The molecule has 0 fully saturated rings. The average Bonchev–Trinajstić information content (AvgIpc) is 2.37. The lowest BCUT2D eigenvalue weighted by Crippen LogP contribution is -2.14. The van der Waals surface area contributed by atoms with Gasteiger partial charge in [0.1, 0.15) is 10.9 Å². The zero-order valence-corrected chi connectivity index (χ0v) is 13.2. The summed E-state index contributed by atoms with van der Waals surface area (Å²) in [6, 6.07) is 7.70. The van der Waals surface area contributed by atoms with Crippen LogP contribution in [0.3, 0.4) is 0 Å². The molecule has 0 aliphatic carbocycles. The fourth-order valence-corrected chi connectivity index (χ4v) is 2.13. The van der Waals surface area contributed by atoms with E-state index in [1.54, 1.807) is 7.11 Å². The Morgan fingerprint density at radius 3 is 2.35 bits per heavy atom. The summed E-state index contributed by atoms with van der Waals surface area (Å²) in [4.78, 5) is 8.96. The summed E-state index contributed by atoms with van der Waals surface area (Å²) in [7, 11) is 1.66. The maximum absolute atomic E-state index is 6.13. The maximum atomic E-state index is 6.13. The minimum atomic E-state index is -0.0666. The predicted octanol–water partition coefficient (Wildman–Crippen LogP) is 4.41. The van der Waals surface area contributed by atoms with Crippen LogP contribution in [-0.2, 0) is 5.41 Å². The van der Waals surface area contributed by atoms with Gasteiger partial charge in [0, 0.05) is 11.0 Å². The number of benzene rings is 1. The van der Waals surface area contributed by atoms with E-state index in [1.807, 2.05) is 31.2 Å². The average molecular weight is 291 g/mol. The number of ether oxygens (including phenoxy) is 1. The van der Waals surface area contributed by atoms with Crippen molar-refractivity contribution in [3.8, 4) is 17.1 Å². The molecule has 0 bridgehead atoms. The summed E-state index contributed by atoms with van der Waals surface area (Å²) in [6.07, 6.45) is 0. The molecule has 106 valence electrons. The Bertz CT molecular complexity index is 633. The second-order valence-corrected chi connectivity index (χ2v) is 6.22. The van der Waals surface area contributed by atoms with Gasteiger partial charge in [-0.25, -0.2) is 9.97 Å². The summed E-state index contributed by atoms with van der Waals surface area (Å²) in [5, 5.41) is 0.466. The zero-order valence-electron chi connectivity index (χ0n) is 12.5. The van der Waals surface area contributed by atoms with E-state index in [-0.39, 0.29) is 5.41 Å². The minimum Gasteiger partial charge on any atom is -0.496 e. The van der Waals surface area contributed by atoms with E-state index in [1.165, 1.54) is 0 Å². The molecule has 0 atom stereocenters. The van der Waals surface area contributed by atoms with E-state index < -0.39 is 0 Å². The fourth-order valence-electron chi connectivity index (χ4n) is 1.95. The van der Waals surface area contributed by atoms with E-state index in [0.717, 1.165) is 22.6 Å². The first-order valence-electron chi connectivity index (χ1n) is 6.51. The van der Waals surface area contributed by atoms with Crippen molar-refractivity contribution in [3.63, 3.8) is 0 Å². The molecule has 1 heterocycles. The molecule has 4 heteroatoms. The summed E-state index contributed by atoms with van der Waals surface area (Å²) in [6.45, 7) is 8.32. The summed E-state index contributed by atoms with van der Waals surface area (Å²) in [5.41, 5.74) is 2.85. The van der Waals surface area contributed by atoms with Crippen molar-refractivity contribution in [1.82, 2.24) is 9.97 Å². The van der Waals surface area contributed by atoms with Crippen molar-refractivity contribution in [2.75, 3.05) is 7.11 Å². The third-order valence-electron chi connectivity index (χ3n) is 3.12. The van der Waals surface area contributed by atoms with Crippen LogP contribution in [0.15, 0.2) is 24.3 Å². The summed E-state index contributed by atoms with van der Waals surface area (Å²) < 4.78 is 5.27. The molecule has 0 saturated carbocycles. The lowest BCUT2D eigenvalue weighted by Gasteiger charge is -2.18. The monoisotopic (exact) mass is 290 g/mol. The van der Waals surface area contributed by atoms with E-state index in [4.69, 9.17) is 16.3 Å². The highest BCUT2D eigenvalue weighted by Gasteiger charge is 2.18. The molecule has 0 radical (unpaired) electrons. The molecule has 2 rings (SSSR count). The number of halogens is 1. The van der Waals surface area contributed by atoms with Crippen LogP contribution in [0.5, 0.6) is 5.75 Å². The molecule has 0 unspecified atom stereocenters. The Morgan fingerprint density at radius 1 is 1.10 bits per heavy atom. The Labute approximate surface area is 125 Å². The lowest BCUT2D eigenvalue weighted by atomic mass is 9.92. The van der Waals surface area contributed by atoms with Gasteiger partial charge in [0.2, 0.25) is 0 Å². The molecule has 0 N–H and O–H groups in total. The molecular formula is C16H19ClN2O. The smallest absolute Gasteiger partial charge is 0.161 e. The Morgan fingerprint density at radius 2 is 1.80 bits per heavy atom. The molecule has 0 spiro atoms. The number of nitrogens with zero attached hydrogens (tertiary/aromatic N) is 2. The quantitative estimate of drug-likeness (QED) is 0.768. The van der Waals surface area contributed by atoms with Gasteiger partial charge < -0.3 is 4.74 Å². The van der Waals surface area contributed by atoms with Gasteiger partial charge in [-0.2, -0.15) is 0 Å². The van der Waals surface area contributed by atoms with E-state index in [2.05, 4.69) is 30.7 Å². The number of rotatable bonds is 2. The Kier molecular flexibility index (Phi) is 4.00. The Balaban J connectivity index is 2.53. The van der Waals surface area contributed by atoms with Gasteiger partial charge in [-0.05, 0) is 36.8 Å². The third-order valence-corrected chi connectivity index (χ3v) is 3.31. The van der Waals surface area contributed by atoms with Gasteiger partial charge in [0.15, 0.2) is 5.82 Å². The third kappa shape index (κ3) is 3.10. The lowest BCUT2D eigenvalue weighted by molar-refractivity contribution is 0.412. The number of methoxy groups -OCH3 is 1. The van der Waals surface area contributed by atoms with Gasteiger partial charge in [0.05, 0.1) is 12.8 Å². The van der Waals surface area contributed by atoms with Crippen molar-refractivity contribution in [1.29, 1.82) is 0 Å². The molecule has 1 aromatic carbocycles. The number of aromatic nitrogens is 2. The van der Waals surface area contributed by atoms with Crippen molar-refractivity contribution >= 4 is 11.6 Å². The van der Waals surface area contributed by atoms with Gasteiger partial charge >= 0.3 is 0 Å². The zero-order chi connectivity index (χ0) is 14.9. The molecule has 3 nitrogen and oxygen atoms in total.